The Kier molecular flexibility index (Phi) is 9.66. The van der Waals surface area contributed by atoms with Crippen molar-refractivity contribution in [3.8, 4) is 0 Å². The molecule has 0 aliphatic carbocycles. The second kappa shape index (κ2) is 10.9. The summed E-state index contributed by atoms with van der Waals surface area (Å²) in [5, 5.41) is 3.53. The number of nitrogens with zero attached hydrogens (tertiary/aromatic N) is 3. The summed E-state index contributed by atoms with van der Waals surface area (Å²) in [6.45, 7) is 10.1. The fourth-order valence-electron chi connectivity index (χ4n) is 3.24. The predicted octanol–water partition coefficient (Wildman–Crippen LogP) is 3.35. The lowest BCUT2D eigenvalue weighted by molar-refractivity contribution is 0.286. The number of rotatable bonds is 6. The Hall–Kier alpha value is -0.820. The molecule has 1 atom stereocenters. The molecule has 1 aliphatic heterocycles. The minimum atomic E-state index is 0. The molecule has 5 heteroatoms. The minimum Gasteiger partial charge on any atom is -0.356 e. The Labute approximate surface area is 164 Å². The Bertz CT molecular complexity index is 512. The normalized spacial score (nSPS) is 16.6. The summed E-state index contributed by atoms with van der Waals surface area (Å²) in [5.74, 6) is 1.61. The third-order valence-electron chi connectivity index (χ3n) is 4.62. The summed E-state index contributed by atoms with van der Waals surface area (Å²) in [6, 6.07) is 8.54. The van der Waals surface area contributed by atoms with Crippen LogP contribution in [0.4, 0.5) is 0 Å². The first-order valence-electron chi connectivity index (χ1n) is 8.78. The van der Waals surface area contributed by atoms with Crippen LogP contribution >= 0.6 is 24.0 Å². The van der Waals surface area contributed by atoms with E-state index >= 15 is 0 Å². The summed E-state index contributed by atoms with van der Waals surface area (Å²) in [4.78, 5) is 9.21. The molecule has 0 amide bonds. The average Bonchev–Trinajstić information content (AvgIpc) is 3.03. The van der Waals surface area contributed by atoms with Crippen molar-refractivity contribution >= 4 is 29.9 Å². The molecule has 4 nitrogen and oxygen atoms in total. The molecule has 1 unspecified atom stereocenters. The quantitative estimate of drug-likeness (QED) is 0.415. The van der Waals surface area contributed by atoms with Crippen molar-refractivity contribution in [1.82, 2.24) is 15.1 Å². The van der Waals surface area contributed by atoms with Gasteiger partial charge in [0.05, 0.1) is 0 Å². The molecule has 1 aromatic rings. The third kappa shape index (κ3) is 6.59. The standard InChI is InChI=1S/C19H32N4.HI/c1-16(14-23-11-7-8-12-23)13-21-19(20-3)22(4)15-18-10-6-5-9-17(18)2;/h5-6,9-10,16H,7-8,11-15H2,1-4H3,(H,20,21);1H. The van der Waals surface area contributed by atoms with Crippen LogP contribution in [0.3, 0.4) is 0 Å². The molecule has 2 rings (SSSR count). The van der Waals surface area contributed by atoms with E-state index in [9.17, 15) is 0 Å². The van der Waals surface area contributed by atoms with Crippen molar-refractivity contribution in [3.63, 3.8) is 0 Å². The Morgan fingerprint density at radius 2 is 1.96 bits per heavy atom. The van der Waals surface area contributed by atoms with Crippen LogP contribution in [-0.4, -0.2) is 56.0 Å². The molecular weight excluding hydrogens is 411 g/mol. The number of likely N-dealkylation sites (tertiary alicyclic amines) is 1. The first-order valence-corrected chi connectivity index (χ1v) is 8.78. The molecule has 1 aromatic carbocycles. The molecule has 0 spiro atoms. The molecule has 1 N–H and O–H groups in total. The first-order chi connectivity index (χ1) is 11.1. The number of aryl methyl sites for hydroxylation is 1. The zero-order valence-corrected chi connectivity index (χ0v) is 17.9. The lowest BCUT2D eigenvalue weighted by Gasteiger charge is -2.25. The van der Waals surface area contributed by atoms with Gasteiger partial charge in [0.25, 0.3) is 0 Å². The summed E-state index contributed by atoms with van der Waals surface area (Å²) < 4.78 is 0. The van der Waals surface area contributed by atoms with Crippen LogP contribution in [-0.2, 0) is 6.54 Å². The Balaban J connectivity index is 0.00000288. The molecule has 136 valence electrons. The van der Waals surface area contributed by atoms with Crippen LogP contribution in [0.15, 0.2) is 29.3 Å². The van der Waals surface area contributed by atoms with E-state index in [4.69, 9.17) is 0 Å². The van der Waals surface area contributed by atoms with Gasteiger partial charge in [-0.15, -0.1) is 24.0 Å². The van der Waals surface area contributed by atoms with E-state index in [1.165, 1.54) is 43.6 Å². The van der Waals surface area contributed by atoms with Gasteiger partial charge in [0.15, 0.2) is 5.96 Å². The largest absolute Gasteiger partial charge is 0.356 e. The van der Waals surface area contributed by atoms with Gasteiger partial charge in [0.2, 0.25) is 0 Å². The highest BCUT2D eigenvalue weighted by atomic mass is 127. The third-order valence-corrected chi connectivity index (χ3v) is 4.62. The monoisotopic (exact) mass is 444 g/mol. The Morgan fingerprint density at radius 3 is 2.58 bits per heavy atom. The van der Waals surface area contributed by atoms with Gasteiger partial charge in [-0.1, -0.05) is 31.2 Å². The number of nitrogens with one attached hydrogen (secondary N) is 1. The number of hydrogen-bond donors (Lipinski definition) is 1. The van der Waals surface area contributed by atoms with E-state index in [0.29, 0.717) is 5.92 Å². The molecule has 1 fully saturated rings. The number of guanidine groups is 1. The van der Waals surface area contributed by atoms with Gasteiger partial charge >= 0.3 is 0 Å². The molecule has 0 radical (unpaired) electrons. The van der Waals surface area contributed by atoms with Crippen molar-refractivity contribution in [2.45, 2.75) is 33.2 Å². The van der Waals surface area contributed by atoms with Crippen molar-refractivity contribution in [1.29, 1.82) is 0 Å². The van der Waals surface area contributed by atoms with E-state index in [0.717, 1.165) is 19.0 Å². The van der Waals surface area contributed by atoms with Gasteiger partial charge in [-0.05, 0) is 49.9 Å². The summed E-state index contributed by atoms with van der Waals surface area (Å²) in [5.41, 5.74) is 2.68. The SMILES string of the molecule is CN=C(NCC(C)CN1CCCC1)N(C)Cc1ccccc1C.I. The van der Waals surface area contributed by atoms with Crippen LogP contribution in [0.25, 0.3) is 0 Å². The van der Waals surface area contributed by atoms with Gasteiger partial charge in [0.1, 0.15) is 0 Å². The highest BCUT2D eigenvalue weighted by Gasteiger charge is 2.15. The molecule has 24 heavy (non-hydrogen) atoms. The van der Waals surface area contributed by atoms with Gasteiger partial charge in [-0.25, -0.2) is 0 Å². The number of hydrogen-bond acceptors (Lipinski definition) is 2. The molecular formula is C19H33IN4. The Morgan fingerprint density at radius 1 is 1.29 bits per heavy atom. The van der Waals surface area contributed by atoms with Crippen LogP contribution < -0.4 is 5.32 Å². The number of aliphatic imine (C=N–C) groups is 1. The highest BCUT2D eigenvalue weighted by Crippen LogP contribution is 2.11. The predicted molar refractivity (Wildman–Crippen MR) is 114 cm³/mol. The molecule has 0 bridgehead atoms. The van der Waals surface area contributed by atoms with Crippen molar-refractivity contribution in [3.05, 3.63) is 35.4 Å². The molecule has 1 heterocycles. The van der Waals surface area contributed by atoms with Gasteiger partial charge in [-0.2, -0.15) is 0 Å². The summed E-state index contributed by atoms with van der Waals surface area (Å²) in [7, 11) is 3.97. The number of halogens is 1. The van der Waals surface area contributed by atoms with E-state index in [1.807, 2.05) is 7.05 Å². The van der Waals surface area contributed by atoms with Crippen molar-refractivity contribution in [2.24, 2.45) is 10.9 Å². The maximum Gasteiger partial charge on any atom is 0.193 e. The van der Waals surface area contributed by atoms with Crippen LogP contribution in [0.5, 0.6) is 0 Å². The lowest BCUT2D eigenvalue weighted by atomic mass is 10.1. The second-order valence-electron chi connectivity index (χ2n) is 6.82. The maximum absolute atomic E-state index is 4.44. The second-order valence-corrected chi connectivity index (χ2v) is 6.82. The average molecular weight is 444 g/mol. The topological polar surface area (TPSA) is 30.9 Å². The van der Waals surface area contributed by atoms with Gasteiger partial charge in [0, 0.05) is 33.7 Å². The van der Waals surface area contributed by atoms with E-state index < -0.39 is 0 Å². The van der Waals surface area contributed by atoms with E-state index in [2.05, 4.69) is 65.3 Å². The summed E-state index contributed by atoms with van der Waals surface area (Å²) in [6.07, 6.45) is 2.72. The fourth-order valence-corrected chi connectivity index (χ4v) is 3.24. The van der Waals surface area contributed by atoms with Crippen molar-refractivity contribution in [2.75, 3.05) is 40.3 Å². The zero-order valence-electron chi connectivity index (χ0n) is 15.6. The van der Waals surface area contributed by atoms with Crippen molar-refractivity contribution < 1.29 is 0 Å². The van der Waals surface area contributed by atoms with E-state index in [1.54, 1.807) is 0 Å². The molecule has 1 aliphatic rings. The number of benzene rings is 1. The van der Waals surface area contributed by atoms with E-state index in [-0.39, 0.29) is 24.0 Å². The fraction of sp³-hybridized carbons (Fsp3) is 0.632. The first kappa shape index (κ1) is 21.2. The van der Waals surface area contributed by atoms with Gasteiger partial charge < -0.3 is 15.1 Å². The smallest absolute Gasteiger partial charge is 0.193 e. The van der Waals surface area contributed by atoms with Crippen LogP contribution in [0, 0.1) is 12.8 Å². The minimum absolute atomic E-state index is 0. The summed E-state index contributed by atoms with van der Waals surface area (Å²) >= 11 is 0. The highest BCUT2D eigenvalue weighted by molar-refractivity contribution is 14.0. The molecule has 0 aromatic heterocycles. The molecule has 1 saturated heterocycles. The zero-order chi connectivity index (χ0) is 16.7. The van der Waals surface area contributed by atoms with Crippen LogP contribution in [0.1, 0.15) is 30.9 Å². The van der Waals surface area contributed by atoms with Crippen LogP contribution in [0.2, 0.25) is 0 Å². The maximum atomic E-state index is 4.44. The molecule has 0 saturated carbocycles. The van der Waals surface area contributed by atoms with Gasteiger partial charge in [-0.3, -0.25) is 4.99 Å². The lowest BCUT2D eigenvalue weighted by Crippen LogP contribution is -2.42.